The van der Waals surface area contributed by atoms with Crippen molar-refractivity contribution in [3.8, 4) is 0 Å². The molecule has 0 bridgehead atoms. The second kappa shape index (κ2) is 20.4. The first-order valence-corrected chi connectivity index (χ1v) is 18.7. The fraction of sp³-hybridized carbons (Fsp3) is 0.889. The summed E-state index contributed by atoms with van der Waals surface area (Å²) in [5.74, 6) is -4.13. The summed E-state index contributed by atoms with van der Waals surface area (Å²) in [7, 11) is -3.23. The first-order valence-electron chi connectivity index (χ1n) is 14.6. The molecule has 0 aromatic heterocycles. The Kier molecular flexibility index (Phi) is 18.6. The molecule has 0 aromatic carbocycles. The van der Waals surface area contributed by atoms with Gasteiger partial charge in [0, 0.05) is 20.8 Å². The number of unbranched alkanes of at least 4 members (excludes halogenated alkanes) is 1. The number of carbonyl (C=O) groups is 3. The van der Waals surface area contributed by atoms with Crippen molar-refractivity contribution in [1.82, 2.24) is 0 Å². The third-order valence-corrected chi connectivity index (χ3v) is 10.9. The van der Waals surface area contributed by atoms with E-state index in [4.69, 9.17) is 37.1 Å². The van der Waals surface area contributed by atoms with Crippen LogP contribution >= 0.6 is 0 Å². The van der Waals surface area contributed by atoms with E-state index < -0.39 is 60.1 Å². The molecule has 0 aliphatic carbocycles. The molecule has 1 aliphatic rings. The fourth-order valence-corrected chi connectivity index (χ4v) is 5.93. The number of rotatable bonds is 25. The van der Waals surface area contributed by atoms with Crippen molar-refractivity contribution >= 4 is 36.6 Å². The van der Waals surface area contributed by atoms with Gasteiger partial charge in [-0.3, -0.25) is 18.9 Å². The number of ether oxygens (including phenoxy) is 5. The minimum Gasteiger partial charge on any atom is -0.465 e. The Morgan fingerprint density at radius 2 is 1.43 bits per heavy atom. The fourth-order valence-electron chi connectivity index (χ4n) is 4.09. The zero-order valence-electron chi connectivity index (χ0n) is 25.7. The lowest BCUT2D eigenvalue weighted by Crippen LogP contribution is -2.36. The van der Waals surface area contributed by atoms with E-state index in [1.165, 1.54) is 0 Å². The summed E-state index contributed by atoms with van der Waals surface area (Å²) < 4.78 is 68.2. The smallest absolute Gasteiger partial charge is 0.334 e. The molecule has 0 saturated carbocycles. The molecule has 246 valence electrons. The maximum absolute atomic E-state index is 13.1. The zero-order valence-corrected chi connectivity index (χ0v) is 27.5. The van der Waals surface area contributed by atoms with Crippen molar-refractivity contribution in [3.05, 3.63) is 0 Å². The Labute approximate surface area is 251 Å². The van der Waals surface area contributed by atoms with Gasteiger partial charge in [0.2, 0.25) is 0 Å². The Morgan fingerprint density at radius 1 is 0.881 bits per heavy atom. The minimum atomic E-state index is -4.16. The average molecular weight is 643 g/mol. The lowest BCUT2D eigenvalue weighted by atomic mass is 9.86. The largest absolute Gasteiger partial charge is 0.465 e. The van der Waals surface area contributed by atoms with Crippen molar-refractivity contribution < 1.29 is 59.9 Å². The van der Waals surface area contributed by atoms with Crippen molar-refractivity contribution in [2.75, 3.05) is 59.6 Å². The molecule has 1 heterocycles. The highest BCUT2D eigenvalue weighted by molar-refractivity contribution is 7.85. The van der Waals surface area contributed by atoms with Gasteiger partial charge in [0.25, 0.3) is 10.1 Å². The summed E-state index contributed by atoms with van der Waals surface area (Å²) in [5.41, 5.74) is 0. The van der Waals surface area contributed by atoms with E-state index in [0.717, 1.165) is 6.61 Å². The molecule has 1 rings (SSSR count). The summed E-state index contributed by atoms with van der Waals surface area (Å²) in [6.07, 6.45) is 2.60. The van der Waals surface area contributed by atoms with Gasteiger partial charge in [-0.2, -0.15) is 8.42 Å². The van der Waals surface area contributed by atoms with Crippen LogP contribution in [0.15, 0.2) is 0 Å². The molecule has 0 spiro atoms. The molecule has 13 nitrogen and oxygen atoms in total. The van der Waals surface area contributed by atoms with E-state index in [0.29, 0.717) is 44.9 Å². The van der Waals surface area contributed by atoms with Gasteiger partial charge in [-0.05, 0) is 57.5 Å². The number of carbonyl (C=O) groups excluding carboxylic acids is 3. The van der Waals surface area contributed by atoms with E-state index in [2.05, 4.69) is 0 Å². The van der Waals surface area contributed by atoms with Crippen LogP contribution in [-0.4, -0.2) is 105 Å². The van der Waals surface area contributed by atoms with Gasteiger partial charge in [0.1, 0.15) is 6.10 Å². The second-order valence-electron chi connectivity index (χ2n) is 10.7. The molecule has 0 radical (unpaired) electrons. The SMILES string of the molecule is CCC(CC(CC(C)C(=O)OCCC[Si](C)(OC)OC)C(=O)OCCCCOCC1CO1)C(=O)OCCCS(=O)(=O)O. The summed E-state index contributed by atoms with van der Waals surface area (Å²) in [6, 6.07) is 0.653. The summed E-state index contributed by atoms with van der Waals surface area (Å²) >= 11 is 0. The monoisotopic (exact) mass is 642 g/mol. The van der Waals surface area contributed by atoms with Crippen LogP contribution in [0.4, 0.5) is 0 Å². The van der Waals surface area contributed by atoms with Crippen LogP contribution in [0.1, 0.15) is 58.8 Å². The molecular weight excluding hydrogens is 592 g/mol. The standard InChI is InChI=1S/C27H50O13SSi/c1-6-22(26(29)39-13-9-15-41(31,32)33)18-23(27(30)38-12-8-7-11-36-19-24-20-40-24)17-21(2)25(28)37-14-10-16-42(5,34-3)35-4/h21-24H,6-20H2,1-5H3,(H,31,32,33). The molecule has 1 saturated heterocycles. The molecule has 15 heteroatoms. The number of epoxide rings is 1. The van der Waals surface area contributed by atoms with Crippen LogP contribution in [0, 0.1) is 17.8 Å². The molecule has 1 fully saturated rings. The molecule has 4 atom stereocenters. The normalized spacial score (nSPS) is 17.2. The van der Waals surface area contributed by atoms with Crippen LogP contribution in [0.2, 0.25) is 12.6 Å². The Hall–Kier alpha value is -1.62. The predicted molar refractivity (Wildman–Crippen MR) is 154 cm³/mol. The Morgan fingerprint density at radius 3 is 2.00 bits per heavy atom. The lowest BCUT2D eigenvalue weighted by Gasteiger charge is -2.24. The van der Waals surface area contributed by atoms with E-state index >= 15 is 0 Å². The zero-order chi connectivity index (χ0) is 31.6. The molecule has 42 heavy (non-hydrogen) atoms. The van der Waals surface area contributed by atoms with Crippen molar-refractivity contribution in [2.24, 2.45) is 17.8 Å². The minimum absolute atomic E-state index is 0.0524. The summed E-state index contributed by atoms with van der Waals surface area (Å²) in [4.78, 5) is 38.5. The second-order valence-corrected chi connectivity index (χ2v) is 15.9. The quantitative estimate of drug-likeness (QED) is 0.0385. The van der Waals surface area contributed by atoms with Gasteiger partial charge in [0.15, 0.2) is 0 Å². The molecule has 0 amide bonds. The van der Waals surface area contributed by atoms with Gasteiger partial charge in [-0.1, -0.05) is 13.8 Å². The molecule has 1 aliphatic heterocycles. The highest BCUT2D eigenvalue weighted by Crippen LogP contribution is 2.26. The Bertz CT molecular complexity index is 906. The molecular formula is C27H50O13SSi. The van der Waals surface area contributed by atoms with Crippen LogP contribution in [-0.2, 0) is 57.0 Å². The van der Waals surface area contributed by atoms with Crippen LogP contribution in [0.3, 0.4) is 0 Å². The third-order valence-electron chi connectivity index (χ3n) is 7.08. The van der Waals surface area contributed by atoms with E-state index in [9.17, 15) is 22.8 Å². The van der Waals surface area contributed by atoms with Crippen LogP contribution in [0.25, 0.3) is 0 Å². The average Bonchev–Trinajstić information content (AvgIpc) is 3.78. The number of esters is 3. The van der Waals surface area contributed by atoms with Crippen LogP contribution < -0.4 is 0 Å². The third kappa shape index (κ3) is 17.5. The number of hydrogen-bond acceptors (Lipinski definition) is 12. The van der Waals surface area contributed by atoms with Crippen LogP contribution in [0.5, 0.6) is 0 Å². The molecule has 0 aromatic rings. The van der Waals surface area contributed by atoms with E-state index in [1.54, 1.807) is 28.1 Å². The summed E-state index contributed by atoms with van der Waals surface area (Å²) in [5, 5.41) is 0. The maximum Gasteiger partial charge on any atom is 0.334 e. The predicted octanol–water partition coefficient (Wildman–Crippen LogP) is 2.90. The first kappa shape index (κ1) is 38.4. The highest BCUT2D eigenvalue weighted by Gasteiger charge is 2.32. The van der Waals surface area contributed by atoms with Gasteiger partial charge < -0.3 is 32.5 Å². The van der Waals surface area contributed by atoms with Crippen molar-refractivity contribution in [3.63, 3.8) is 0 Å². The lowest BCUT2D eigenvalue weighted by molar-refractivity contribution is -0.155. The van der Waals surface area contributed by atoms with Gasteiger partial charge >= 0.3 is 26.5 Å². The summed E-state index contributed by atoms with van der Waals surface area (Å²) in [6.45, 7) is 7.36. The number of hydrogen-bond donors (Lipinski definition) is 1. The maximum atomic E-state index is 13.1. The first-order chi connectivity index (χ1) is 19.8. The topological polar surface area (TPSA) is 173 Å². The Balaban J connectivity index is 2.67. The van der Waals surface area contributed by atoms with Gasteiger partial charge in [0.05, 0.1) is 56.5 Å². The molecule has 1 N–H and O–H groups in total. The van der Waals surface area contributed by atoms with Gasteiger partial charge in [-0.15, -0.1) is 0 Å². The van der Waals surface area contributed by atoms with Crippen molar-refractivity contribution in [1.29, 1.82) is 0 Å². The van der Waals surface area contributed by atoms with E-state index in [1.807, 2.05) is 6.55 Å². The van der Waals surface area contributed by atoms with Crippen molar-refractivity contribution in [2.45, 2.75) is 77.5 Å². The van der Waals surface area contributed by atoms with E-state index in [-0.39, 0.29) is 45.2 Å². The molecule has 4 unspecified atom stereocenters. The highest BCUT2D eigenvalue weighted by atomic mass is 32.2. The van der Waals surface area contributed by atoms with Gasteiger partial charge in [-0.25, -0.2) is 0 Å².